The molecule has 1 unspecified atom stereocenters. The summed E-state index contributed by atoms with van der Waals surface area (Å²) in [4.78, 5) is 0. The lowest BCUT2D eigenvalue weighted by Crippen LogP contribution is -2.31. The number of rotatable bonds is 9. The molecule has 0 heterocycles. The van der Waals surface area contributed by atoms with Gasteiger partial charge in [0.05, 0.1) is 12.2 Å². The van der Waals surface area contributed by atoms with Crippen LogP contribution in [0.1, 0.15) is 35.3 Å². The Labute approximate surface area is 175 Å². The third-order valence-corrected chi connectivity index (χ3v) is 4.88. The third-order valence-electron chi connectivity index (χ3n) is 4.88. The third kappa shape index (κ3) is 6.44. The summed E-state index contributed by atoms with van der Waals surface area (Å²) in [6.07, 6.45) is -3.96. The van der Waals surface area contributed by atoms with Gasteiger partial charge < -0.3 is 10.1 Å². The van der Waals surface area contributed by atoms with Gasteiger partial charge >= 0.3 is 6.18 Å². The second-order valence-electron chi connectivity index (χ2n) is 7.33. The predicted molar refractivity (Wildman–Crippen MR) is 113 cm³/mol. The van der Waals surface area contributed by atoms with Crippen LogP contribution < -0.4 is 5.32 Å². The first-order valence-electron chi connectivity index (χ1n) is 10.0. The smallest absolute Gasteiger partial charge is 0.367 e. The van der Waals surface area contributed by atoms with Gasteiger partial charge in [0, 0.05) is 12.6 Å². The Morgan fingerprint density at radius 2 is 1.43 bits per heavy atom. The molecule has 30 heavy (non-hydrogen) atoms. The molecule has 0 aliphatic carbocycles. The standard InChI is InChI=1S/C25H26F3NO/c1-19(17-20-9-8-14-23(18-20)25(26,27)28)29-15-16-30-24(21-10-4-2-5-11-21)22-12-6-3-7-13-22/h2-14,18-19,24,29H,15-17H2,1H3. The zero-order valence-electron chi connectivity index (χ0n) is 16.9. The molecule has 3 aromatic carbocycles. The van der Waals surface area contributed by atoms with Gasteiger partial charge in [0.2, 0.25) is 0 Å². The molecule has 0 saturated heterocycles. The second kappa shape index (κ2) is 10.4. The fraction of sp³-hybridized carbons (Fsp3) is 0.280. The van der Waals surface area contributed by atoms with Gasteiger partial charge in [-0.05, 0) is 36.1 Å². The van der Waals surface area contributed by atoms with Gasteiger partial charge in [-0.25, -0.2) is 0 Å². The van der Waals surface area contributed by atoms with Crippen LogP contribution in [0.3, 0.4) is 0 Å². The number of ether oxygens (including phenoxy) is 1. The highest BCUT2D eigenvalue weighted by Crippen LogP contribution is 2.30. The molecule has 158 valence electrons. The largest absolute Gasteiger partial charge is 0.416 e. The lowest BCUT2D eigenvalue weighted by Gasteiger charge is -2.20. The van der Waals surface area contributed by atoms with Gasteiger partial charge in [-0.15, -0.1) is 0 Å². The van der Waals surface area contributed by atoms with E-state index in [0.717, 1.165) is 17.2 Å². The molecule has 0 radical (unpaired) electrons. The summed E-state index contributed by atoms with van der Waals surface area (Å²) in [5.74, 6) is 0. The van der Waals surface area contributed by atoms with E-state index in [-0.39, 0.29) is 12.1 Å². The van der Waals surface area contributed by atoms with Crippen LogP contribution in [0, 0.1) is 0 Å². The number of alkyl halides is 3. The highest BCUT2D eigenvalue weighted by atomic mass is 19.4. The van der Waals surface area contributed by atoms with Crippen LogP contribution in [0.5, 0.6) is 0 Å². The van der Waals surface area contributed by atoms with Crippen LogP contribution in [0.15, 0.2) is 84.9 Å². The van der Waals surface area contributed by atoms with Crippen molar-refractivity contribution in [3.8, 4) is 0 Å². The molecule has 0 aromatic heterocycles. The Morgan fingerprint density at radius 3 is 2.00 bits per heavy atom. The zero-order chi connectivity index (χ0) is 21.4. The first-order valence-corrected chi connectivity index (χ1v) is 10.0. The molecule has 1 atom stereocenters. The highest BCUT2D eigenvalue weighted by Gasteiger charge is 2.30. The van der Waals surface area contributed by atoms with Gasteiger partial charge in [-0.1, -0.05) is 78.9 Å². The molecule has 0 spiro atoms. The van der Waals surface area contributed by atoms with Crippen molar-refractivity contribution in [2.45, 2.75) is 31.7 Å². The van der Waals surface area contributed by atoms with Crippen LogP contribution in [-0.2, 0) is 17.3 Å². The quantitative estimate of drug-likeness (QED) is 0.432. The minimum atomic E-state index is -4.32. The first-order chi connectivity index (χ1) is 14.4. The number of hydrogen-bond donors (Lipinski definition) is 1. The van der Waals surface area contributed by atoms with E-state index >= 15 is 0 Å². The van der Waals surface area contributed by atoms with E-state index in [0.29, 0.717) is 25.1 Å². The zero-order valence-corrected chi connectivity index (χ0v) is 16.9. The van der Waals surface area contributed by atoms with Gasteiger partial charge in [0.1, 0.15) is 6.10 Å². The van der Waals surface area contributed by atoms with Crippen molar-refractivity contribution in [2.75, 3.05) is 13.2 Å². The molecule has 0 bridgehead atoms. The fourth-order valence-electron chi connectivity index (χ4n) is 3.42. The van der Waals surface area contributed by atoms with Gasteiger partial charge in [0.15, 0.2) is 0 Å². The average molecular weight is 413 g/mol. The minimum absolute atomic E-state index is 0.0315. The normalized spacial score (nSPS) is 12.8. The lowest BCUT2D eigenvalue weighted by atomic mass is 10.0. The number of halogens is 3. The van der Waals surface area contributed by atoms with Gasteiger partial charge in [-0.3, -0.25) is 0 Å². The Kier molecular flexibility index (Phi) is 7.66. The summed E-state index contributed by atoms with van der Waals surface area (Å²) in [5.41, 5.74) is 2.22. The summed E-state index contributed by atoms with van der Waals surface area (Å²) < 4.78 is 44.8. The highest BCUT2D eigenvalue weighted by molar-refractivity contribution is 5.30. The molecule has 0 aliphatic heterocycles. The van der Waals surface area contributed by atoms with E-state index in [9.17, 15) is 13.2 Å². The Hall–Kier alpha value is -2.63. The first kappa shape index (κ1) is 22.1. The van der Waals surface area contributed by atoms with Crippen molar-refractivity contribution in [3.63, 3.8) is 0 Å². The van der Waals surface area contributed by atoms with E-state index < -0.39 is 11.7 Å². The predicted octanol–water partition coefficient (Wildman–Crippen LogP) is 6.03. The molecular formula is C25H26F3NO. The molecule has 5 heteroatoms. The number of nitrogens with one attached hydrogen (secondary N) is 1. The molecule has 0 aliphatic rings. The Bertz CT molecular complexity index is 858. The van der Waals surface area contributed by atoms with Crippen LogP contribution in [0.4, 0.5) is 13.2 Å². The summed E-state index contributed by atoms with van der Waals surface area (Å²) in [6, 6.07) is 25.6. The fourth-order valence-corrected chi connectivity index (χ4v) is 3.42. The molecule has 0 fully saturated rings. The maximum absolute atomic E-state index is 12.9. The van der Waals surface area contributed by atoms with Crippen molar-refractivity contribution < 1.29 is 17.9 Å². The van der Waals surface area contributed by atoms with Crippen molar-refractivity contribution >= 4 is 0 Å². The molecule has 0 amide bonds. The molecule has 3 aromatic rings. The SMILES string of the molecule is CC(Cc1cccc(C(F)(F)F)c1)NCCOC(c1ccccc1)c1ccccc1. The molecule has 2 nitrogen and oxygen atoms in total. The van der Waals surface area contributed by atoms with Crippen LogP contribution in [0.2, 0.25) is 0 Å². The lowest BCUT2D eigenvalue weighted by molar-refractivity contribution is -0.137. The summed E-state index contributed by atoms with van der Waals surface area (Å²) in [7, 11) is 0. The number of benzene rings is 3. The Morgan fingerprint density at radius 1 is 0.833 bits per heavy atom. The van der Waals surface area contributed by atoms with E-state index in [1.54, 1.807) is 6.07 Å². The molecule has 1 N–H and O–H groups in total. The van der Waals surface area contributed by atoms with E-state index in [1.807, 2.05) is 67.6 Å². The van der Waals surface area contributed by atoms with E-state index in [4.69, 9.17) is 4.74 Å². The van der Waals surface area contributed by atoms with E-state index in [1.165, 1.54) is 12.1 Å². The van der Waals surface area contributed by atoms with Gasteiger partial charge in [-0.2, -0.15) is 13.2 Å². The molecule has 3 rings (SSSR count). The van der Waals surface area contributed by atoms with Crippen molar-refractivity contribution in [1.82, 2.24) is 5.32 Å². The number of hydrogen-bond acceptors (Lipinski definition) is 2. The topological polar surface area (TPSA) is 21.3 Å². The molecular weight excluding hydrogens is 387 g/mol. The molecule has 0 saturated carbocycles. The monoisotopic (exact) mass is 413 g/mol. The maximum Gasteiger partial charge on any atom is 0.416 e. The minimum Gasteiger partial charge on any atom is -0.367 e. The van der Waals surface area contributed by atoms with Crippen LogP contribution in [-0.4, -0.2) is 19.2 Å². The van der Waals surface area contributed by atoms with Gasteiger partial charge in [0.25, 0.3) is 0 Å². The average Bonchev–Trinajstić information content (AvgIpc) is 2.74. The summed E-state index contributed by atoms with van der Waals surface area (Å²) in [6.45, 7) is 3.06. The second-order valence-corrected chi connectivity index (χ2v) is 7.33. The van der Waals surface area contributed by atoms with Crippen molar-refractivity contribution in [1.29, 1.82) is 0 Å². The summed E-state index contributed by atoms with van der Waals surface area (Å²) >= 11 is 0. The van der Waals surface area contributed by atoms with Crippen molar-refractivity contribution in [2.24, 2.45) is 0 Å². The van der Waals surface area contributed by atoms with E-state index in [2.05, 4.69) is 5.32 Å². The summed E-state index contributed by atoms with van der Waals surface area (Å²) in [5, 5.41) is 3.34. The van der Waals surface area contributed by atoms with Crippen molar-refractivity contribution in [3.05, 3.63) is 107 Å². The maximum atomic E-state index is 12.9. The Balaban J connectivity index is 1.53. The van der Waals surface area contributed by atoms with Crippen LogP contribution in [0.25, 0.3) is 0 Å². The van der Waals surface area contributed by atoms with Crippen LogP contribution >= 0.6 is 0 Å².